The summed E-state index contributed by atoms with van der Waals surface area (Å²) in [5.74, 6) is 0.175. The average molecular weight is 620 g/mol. The Morgan fingerprint density at radius 2 is 1.59 bits per heavy atom. The second kappa shape index (κ2) is 14.0. The number of amides is 1. The number of aliphatic imine (C=N–C) groups is 1. The molecule has 5 rings (SSSR count). The minimum absolute atomic E-state index is 0.0575. The van der Waals surface area contributed by atoms with Gasteiger partial charge in [-0.1, -0.05) is 42.1 Å². The molecule has 0 spiro atoms. The van der Waals surface area contributed by atoms with Gasteiger partial charge in [-0.15, -0.1) is 0 Å². The van der Waals surface area contributed by atoms with Crippen LogP contribution in [0.15, 0.2) is 70.2 Å². The van der Waals surface area contributed by atoms with Crippen LogP contribution in [0.2, 0.25) is 0 Å². The van der Waals surface area contributed by atoms with Gasteiger partial charge in [-0.3, -0.25) is 9.59 Å². The number of methoxy groups -OCH3 is 2. The van der Waals surface area contributed by atoms with Crippen molar-refractivity contribution >= 4 is 40.5 Å². The Hall–Kier alpha value is -4.25. The monoisotopic (exact) mass is 619 g/mol. The molecule has 0 saturated carbocycles. The number of carbonyl (C=O) groups is 3. The molecular formula is C33H37N3O7S. The SMILES string of the molecule is CCOC(=O)C1=C(c2ccccc2)N=C2SC=C(CC(=O)N3CCC(C(=O)OCC)CC3)N2C1c1cc(OC)cc(OC)c1. The summed E-state index contributed by atoms with van der Waals surface area (Å²) in [4.78, 5) is 48.3. The molecule has 3 aliphatic heterocycles. The summed E-state index contributed by atoms with van der Waals surface area (Å²) in [5.41, 5.74) is 3.08. The fraction of sp³-hybridized carbons (Fsp3) is 0.394. The first-order chi connectivity index (χ1) is 21.4. The van der Waals surface area contributed by atoms with Crippen molar-refractivity contribution in [2.24, 2.45) is 10.9 Å². The molecule has 1 fully saturated rings. The number of carbonyl (C=O) groups excluding carboxylic acids is 3. The smallest absolute Gasteiger partial charge is 0.338 e. The molecule has 11 heteroatoms. The summed E-state index contributed by atoms with van der Waals surface area (Å²) in [6, 6.07) is 14.3. The molecule has 0 radical (unpaired) electrons. The Labute approximate surface area is 261 Å². The molecule has 232 valence electrons. The number of ether oxygens (including phenoxy) is 4. The van der Waals surface area contributed by atoms with Crippen LogP contribution >= 0.6 is 11.8 Å². The number of fused-ring (bicyclic) bond motifs is 1. The van der Waals surface area contributed by atoms with Crippen LogP contribution in [0.5, 0.6) is 11.5 Å². The van der Waals surface area contributed by atoms with Crippen LogP contribution in [0.1, 0.15) is 50.3 Å². The predicted molar refractivity (Wildman–Crippen MR) is 168 cm³/mol. The highest BCUT2D eigenvalue weighted by atomic mass is 32.2. The summed E-state index contributed by atoms with van der Waals surface area (Å²) in [6.45, 7) is 5.05. The number of piperidine rings is 1. The van der Waals surface area contributed by atoms with E-state index in [1.165, 1.54) is 11.8 Å². The van der Waals surface area contributed by atoms with E-state index in [4.69, 9.17) is 23.9 Å². The molecule has 0 bridgehead atoms. The van der Waals surface area contributed by atoms with Crippen molar-refractivity contribution in [1.82, 2.24) is 9.80 Å². The number of esters is 2. The van der Waals surface area contributed by atoms with Crippen LogP contribution in [0.25, 0.3) is 5.70 Å². The van der Waals surface area contributed by atoms with Crippen molar-refractivity contribution in [3.63, 3.8) is 0 Å². The van der Waals surface area contributed by atoms with Crippen LogP contribution in [0.3, 0.4) is 0 Å². The Kier molecular flexibility index (Phi) is 9.94. The van der Waals surface area contributed by atoms with Crippen LogP contribution < -0.4 is 9.47 Å². The molecule has 1 amide bonds. The van der Waals surface area contributed by atoms with E-state index in [-0.39, 0.29) is 30.8 Å². The van der Waals surface area contributed by atoms with Crippen molar-refractivity contribution in [2.45, 2.75) is 39.2 Å². The number of hydrogen-bond acceptors (Lipinski definition) is 10. The van der Waals surface area contributed by atoms with Gasteiger partial charge >= 0.3 is 11.9 Å². The molecule has 0 N–H and O–H groups in total. The zero-order chi connectivity index (χ0) is 31.2. The third-order valence-electron chi connectivity index (χ3n) is 7.84. The van der Waals surface area contributed by atoms with Gasteiger partial charge in [0.25, 0.3) is 0 Å². The number of amidine groups is 1. The summed E-state index contributed by atoms with van der Waals surface area (Å²) in [5, 5.41) is 2.57. The van der Waals surface area contributed by atoms with E-state index < -0.39 is 12.0 Å². The molecule has 3 heterocycles. The van der Waals surface area contributed by atoms with Crippen LogP contribution in [-0.4, -0.2) is 73.3 Å². The maximum atomic E-state index is 13.8. The maximum Gasteiger partial charge on any atom is 0.338 e. The van der Waals surface area contributed by atoms with Crippen molar-refractivity contribution < 1.29 is 33.3 Å². The van der Waals surface area contributed by atoms with Crippen LogP contribution in [0.4, 0.5) is 0 Å². The van der Waals surface area contributed by atoms with Crippen molar-refractivity contribution in [2.75, 3.05) is 40.5 Å². The zero-order valence-corrected chi connectivity index (χ0v) is 26.2. The highest BCUT2D eigenvalue weighted by Crippen LogP contribution is 2.48. The van der Waals surface area contributed by atoms with E-state index in [2.05, 4.69) is 0 Å². The topological polar surface area (TPSA) is 107 Å². The van der Waals surface area contributed by atoms with Gasteiger partial charge in [0.2, 0.25) is 5.91 Å². The van der Waals surface area contributed by atoms with Gasteiger partial charge in [0.15, 0.2) is 5.17 Å². The molecule has 44 heavy (non-hydrogen) atoms. The lowest BCUT2D eigenvalue weighted by Crippen LogP contribution is -2.42. The summed E-state index contributed by atoms with van der Waals surface area (Å²) in [6.07, 6.45) is 1.23. The van der Waals surface area contributed by atoms with Crippen molar-refractivity contribution in [3.05, 3.63) is 76.3 Å². The highest BCUT2D eigenvalue weighted by molar-refractivity contribution is 8.16. The number of rotatable bonds is 10. The van der Waals surface area contributed by atoms with E-state index in [0.29, 0.717) is 66.2 Å². The number of benzene rings is 2. The molecule has 1 unspecified atom stereocenters. The van der Waals surface area contributed by atoms with Gasteiger partial charge < -0.3 is 28.7 Å². The molecule has 2 aromatic rings. The number of likely N-dealkylation sites (tertiary alicyclic amines) is 1. The minimum atomic E-state index is -0.677. The second-order valence-corrected chi connectivity index (χ2v) is 11.3. The predicted octanol–water partition coefficient (Wildman–Crippen LogP) is 5.17. The molecule has 10 nitrogen and oxygen atoms in total. The standard InChI is InChI=1S/C33H37N3O7S/c1-5-42-31(38)22-12-14-35(15-13-22)27(37)18-24-20-44-33-34-29(21-10-8-7-9-11-21)28(32(39)43-6-2)30(36(24)33)23-16-25(40-3)19-26(17-23)41-4/h7-11,16-17,19-20,22,30H,5-6,12-15,18H2,1-4H3. The minimum Gasteiger partial charge on any atom is -0.497 e. The third kappa shape index (κ3) is 6.47. The second-order valence-electron chi connectivity index (χ2n) is 10.5. The number of nitrogens with zero attached hydrogens (tertiary/aromatic N) is 3. The quantitative estimate of drug-likeness (QED) is 0.333. The van der Waals surface area contributed by atoms with E-state index in [0.717, 1.165) is 11.1 Å². The fourth-order valence-electron chi connectivity index (χ4n) is 5.68. The normalized spacial score (nSPS) is 18.3. The molecule has 1 saturated heterocycles. The zero-order valence-electron chi connectivity index (χ0n) is 25.4. The number of hydrogen-bond donors (Lipinski definition) is 0. The maximum absolute atomic E-state index is 13.8. The lowest BCUT2D eigenvalue weighted by atomic mass is 9.91. The van der Waals surface area contributed by atoms with Crippen LogP contribution in [-0.2, 0) is 23.9 Å². The summed E-state index contributed by atoms with van der Waals surface area (Å²) < 4.78 is 22.0. The average Bonchev–Trinajstić information content (AvgIpc) is 3.46. The van der Waals surface area contributed by atoms with Gasteiger partial charge in [-0.2, -0.15) is 0 Å². The highest BCUT2D eigenvalue weighted by Gasteiger charge is 2.43. The molecule has 3 aliphatic rings. The molecule has 1 atom stereocenters. The lowest BCUT2D eigenvalue weighted by molar-refractivity contribution is -0.151. The Bertz CT molecular complexity index is 1470. The first kappa shape index (κ1) is 31.2. The first-order valence-electron chi connectivity index (χ1n) is 14.8. The van der Waals surface area contributed by atoms with E-state index in [9.17, 15) is 14.4 Å². The number of thioether (sulfide) groups is 1. The van der Waals surface area contributed by atoms with Gasteiger partial charge in [0, 0.05) is 30.4 Å². The third-order valence-corrected chi connectivity index (χ3v) is 8.73. The van der Waals surface area contributed by atoms with E-state index >= 15 is 0 Å². The Balaban J connectivity index is 1.52. The first-order valence-corrected chi connectivity index (χ1v) is 15.6. The van der Waals surface area contributed by atoms with E-state index in [1.54, 1.807) is 39.0 Å². The van der Waals surface area contributed by atoms with Crippen molar-refractivity contribution in [3.8, 4) is 11.5 Å². The summed E-state index contributed by atoms with van der Waals surface area (Å²) in [7, 11) is 3.15. The Morgan fingerprint density at radius 1 is 0.932 bits per heavy atom. The molecule has 2 aromatic carbocycles. The van der Waals surface area contributed by atoms with Gasteiger partial charge in [-0.25, -0.2) is 9.79 Å². The lowest BCUT2D eigenvalue weighted by Gasteiger charge is -2.37. The van der Waals surface area contributed by atoms with Gasteiger partial charge in [-0.05, 0) is 49.8 Å². The Morgan fingerprint density at radius 3 is 2.20 bits per heavy atom. The largest absolute Gasteiger partial charge is 0.497 e. The molecule has 0 aliphatic carbocycles. The van der Waals surface area contributed by atoms with Gasteiger partial charge in [0.1, 0.15) is 11.5 Å². The molecule has 0 aromatic heterocycles. The molecular weight excluding hydrogens is 582 g/mol. The van der Waals surface area contributed by atoms with Gasteiger partial charge in [0.05, 0.1) is 57.1 Å². The van der Waals surface area contributed by atoms with Crippen LogP contribution in [0, 0.1) is 5.92 Å². The van der Waals surface area contributed by atoms with E-state index in [1.807, 2.05) is 52.8 Å². The fourth-order valence-corrected chi connectivity index (χ4v) is 6.60. The summed E-state index contributed by atoms with van der Waals surface area (Å²) >= 11 is 1.41. The van der Waals surface area contributed by atoms with Crippen molar-refractivity contribution in [1.29, 1.82) is 0 Å².